The van der Waals surface area contributed by atoms with Crippen LogP contribution in [-0.4, -0.2) is 58.1 Å². The van der Waals surface area contributed by atoms with Gasteiger partial charge in [0, 0.05) is 66.8 Å². The van der Waals surface area contributed by atoms with E-state index in [0.717, 1.165) is 71.2 Å². The van der Waals surface area contributed by atoms with Crippen LogP contribution in [0.15, 0.2) is 60.2 Å². The number of aromatic nitrogens is 4. The van der Waals surface area contributed by atoms with Crippen LogP contribution in [0.1, 0.15) is 5.82 Å². The average molecular weight is 444 g/mol. The van der Waals surface area contributed by atoms with Crippen molar-refractivity contribution in [3.05, 3.63) is 66.1 Å². The second-order valence-corrected chi connectivity index (χ2v) is 8.79. The number of pyridine rings is 1. The highest BCUT2D eigenvalue weighted by Crippen LogP contribution is 2.30. The molecule has 162 valence electrons. The standard InChI is InChI=1S/C24H25N7S/c1-17-26-22(14-23(27-17)31-11-9-30(2)10-12-31)28-20-7-3-5-18(13-20)21-16-32-24(29-21)19-6-4-8-25-15-19/h3-8,13-16H,9-12H2,1-2H3,(H,26,27,28). The van der Waals surface area contributed by atoms with Crippen LogP contribution < -0.4 is 10.2 Å². The Morgan fingerprint density at radius 1 is 0.938 bits per heavy atom. The lowest BCUT2D eigenvalue weighted by Gasteiger charge is -2.33. The molecule has 8 heteroatoms. The molecule has 3 aromatic heterocycles. The lowest BCUT2D eigenvalue weighted by molar-refractivity contribution is 0.312. The number of rotatable bonds is 5. The van der Waals surface area contributed by atoms with Crippen molar-refractivity contribution in [2.75, 3.05) is 43.4 Å². The molecule has 0 radical (unpaired) electrons. The average Bonchev–Trinajstić information content (AvgIpc) is 3.30. The number of piperazine rings is 1. The molecule has 1 N–H and O–H groups in total. The minimum absolute atomic E-state index is 0.765. The quantitative estimate of drug-likeness (QED) is 0.488. The monoisotopic (exact) mass is 443 g/mol. The molecule has 4 heterocycles. The molecular weight excluding hydrogens is 418 g/mol. The lowest BCUT2D eigenvalue weighted by Crippen LogP contribution is -2.44. The smallest absolute Gasteiger partial charge is 0.136 e. The van der Waals surface area contributed by atoms with Crippen LogP contribution in [0.5, 0.6) is 0 Å². The Morgan fingerprint density at radius 3 is 2.59 bits per heavy atom. The van der Waals surface area contributed by atoms with E-state index < -0.39 is 0 Å². The van der Waals surface area contributed by atoms with Gasteiger partial charge in [0.15, 0.2) is 0 Å². The maximum absolute atomic E-state index is 4.81. The number of hydrogen-bond donors (Lipinski definition) is 1. The fraction of sp³-hybridized carbons (Fsp3) is 0.250. The third-order valence-electron chi connectivity index (χ3n) is 5.50. The third-order valence-corrected chi connectivity index (χ3v) is 6.39. The molecule has 0 spiro atoms. The van der Waals surface area contributed by atoms with Gasteiger partial charge in [-0.05, 0) is 38.2 Å². The maximum atomic E-state index is 4.81. The Kier molecular flexibility index (Phi) is 5.79. The maximum Gasteiger partial charge on any atom is 0.136 e. The summed E-state index contributed by atoms with van der Waals surface area (Å²) in [5.41, 5.74) is 4.02. The van der Waals surface area contributed by atoms with Gasteiger partial charge >= 0.3 is 0 Å². The molecule has 4 aromatic rings. The highest BCUT2D eigenvalue weighted by Gasteiger charge is 2.16. The fourth-order valence-electron chi connectivity index (χ4n) is 3.75. The molecule has 1 aromatic carbocycles. The summed E-state index contributed by atoms with van der Waals surface area (Å²) in [7, 11) is 2.16. The third kappa shape index (κ3) is 4.61. The zero-order valence-corrected chi connectivity index (χ0v) is 19.0. The van der Waals surface area contributed by atoms with Crippen molar-refractivity contribution in [1.82, 2.24) is 24.8 Å². The predicted molar refractivity (Wildman–Crippen MR) is 131 cm³/mol. The van der Waals surface area contributed by atoms with E-state index in [1.54, 1.807) is 17.5 Å². The van der Waals surface area contributed by atoms with Gasteiger partial charge in [-0.1, -0.05) is 12.1 Å². The van der Waals surface area contributed by atoms with Gasteiger partial charge in [0.25, 0.3) is 0 Å². The Bertz CT molecular complexity index is 1200. The van der Waals surface area contributed by atoms with Crippen LogP contribution in [0.3, 0.4) is 0 Å². The minimum Gasteiger partial charge on any atom is -0.354 e. The Balaban J connectivity index is 1.36. The minimum atomic E-state index is 0.765. The van der Waals surface area contributed by atoms with E-state index >= 15 is 0 Å². The van der Waals surface area contributed by atoms with Gasteiger partial charge in [0.05, 0.1) is 5.69 Å². The molecule has 1 saturated heterocycles. The molecule has 0 atom stereocenters. The van der Waals surface area contributed by atoms with Gasteiger partial charge in [-0.3, -0.25) is 4.98 Å². The number of likely N-dealkylation sites (N-methyl/N-ethyl adjacent to an activating group) is 1. The van der Waals surface area contributed by atoms with E-state index in [0.29, 0.717) is 0 Å². The van der Waals surface area contributed by atoms with Crippen molar-refractivity contribution < 1.29 is 0 Å². The van der Waals surface area contributed by atoms with Gasteiger partial charge in [0.2, 0.25) is 0 Å². The summed E-state index contributed by atoms with van der Waals surface area (Å²) in [5, 5.41) is 6.51. The molecule has 1 aliphatic heterocycles. The summed E-state index contributed by atoms with van der Waals surface area (Å²) in [4.78, 5) is 22.9. The summed E-state index contributed by atoms with van der Waals surface area (Å²) in [6, 6.07) is 14.3. The van der Waals surface area contributed by atoms with Crippen LogP contribution in [0.4, 0.5) is 17.3 Å². The number of benzene rings is 1. The van der Waals surface area contributed by atoms with E-state index in [1.807, 2.05) is 43.5 Å². The number of nitrogens with one attached hydrogen (secondary N) is 1. The van der Waals surface area contributed by atoms with Gasteiger partial charge in [-0.25, -0.2) is 15.0 Å². The zero-order chi connectivity index (χ0) is 21.9. The molecule has 0 saturated carbocycles. The van der Waals surface area contributed by atoms with Crippen LogP contribution in [0.2, 0.25) is 0 Å². The van der Waals surface area contributed by atoms with Gasteiger partial charge in [-0.2, -0.15) is 0 Å². The van der Waals surface area contributed by atoms with Crippen molar-refractivity contribution in [2.24, 2.45) is 0 Å². The first-order chi connectivity index (χ1) is 15.6. The van der Waals surface area contributed by atoms with Crippen LogP contribution in [-0.2, 0) is 0 Å². The Labute approximate surface area is 191 Å². The van der Waals surface area contributed by atoms with Gasteiger partial charge in [0.1, 0.15) is 22.5 Å². The number of anilines is 3. The molecule has 32 heavy (non-hydrogen) atoms. The predicted octanol–water partition coefficient (Wildman–Crippen LogP) is 4.47. The molecule has 1 fully saturated rings. The summed E-state index contributed by atoms with van der Waals surface area (Å²) >= 11 is 1.63. The first-order valence-electron chi connectivity index (χ1n) is 10.7. The number of nitrogens with zero attached hydrogens (tertiary/aromatic N) is 6. The summed E-state index contributed by atoms with van der Waals surface area (Å²) < 4.78 is 0. The highest BCUT2D eigenvalue weighted by molar-refractivity contribution is 7.13. The molecule has 0 aliphatic carbocycles. The van der Waals surface area contributed by atoms with Crippen LogP contribution in [0, 0.1) is 6.92 Å². The summed E-state index contributed by atoms with van der Waals surface area (Å²) in [6.07, 6.45) is 3.62. The lowest BCUT2D eigenvalue weighted by atomic mass is 10.1. The van der Waals surface area contributed by atoms with E-state index in [-0.39, 0.29) is 0 Å². The SMILES string of the molecule is Cc1nc(Nc2cccc(-c3csc(-c4cccnc4)n3)c2)cc(N2CCN(C)CC2)n1. The second kappa shape index (κ2) is 9.02. The molecule has 1 aliphatic rings. The van der Waals surface area contributed by atoms with Crippen molar-refractivity contribution >= 4 is 28.7 Å². The summed E-state index contributed by atoms with van der Waals surface area (Å²) in [6.45, 7) is 5.98. The van der Waals surface area contributed by atoms with Crippen LogP contribution >= 0.6 is 11.3 Å². The zero-order valence-electron chi connectivity index (χ0n) is 18.2. The molecule has 0 bridgehead atoms. The highest BCUT2D eigenvalue weighted by atomic mass is 32.1. The van der Waals surface area contributed by atoms with Crippen molar-refractivity contribution in [2.45, 2.75) is 6.92 Å². The van der Waals surface area contributed by atoms with E-state index in [4.69, 9.17) is 4.98 Å². The van der Waals surface area contributed by atoms with Gasteiger partial charge < -0.3 is 15.1 Å². The number of hydrogen-bond acceptors (Lipinski definition) is 8. The molecule has 0 unspecified atom stereocenters. The number of thiazole rings is 1. The Hall–Kier alpha value is -3.36. The van der Waals surface area contributed by atoms with Crippen molar-refractivity contribution in [1.29, 1.82) is 0 Å². The van der Waals surface area contributed by atoms with E-state index in [2.05, 4.69) is 54.6 Å². The first kappa shape index (κ1) is 20.5. The molecular formula is C24H25N7S. The van der Waals surface area contributed by atoms with E-state index in [9.17, 15) is 0 Å². The van der Waals surface area contributed by atoms with Crippen molar-refractivity contribution in [3.8, 4) is 21.8 Å². The normalized spacial score (nSPS) is 14.5. The second-order valence-electron chi connectivity index (χ2n) is 7.93. The fourth-order valence-corrected chi connectivity index (χ4v) is 4.57. The Morgan fingerprint density at radius 2 is 1.78 bits per heavy atom. The molecule has 7 nitrogen and oxygen atoms in total. The topological polar surface area (TPSA) is 70.1 Å². The largest absolute Gasteiger partial charge is 0.354 e. The van der Waals surface area contributed by atoms with Crippen LogP contribution in [0.25, 0.3) is 21.8 Å². The van der Waals surface area contributed by atoms with E-state index in [1.165, 1.54) is 0 Å². The molecule has 0 amide bonds. The van der Waals surface area contributed by atoms with Gasteiger partial charge in [-0.15, -0.1) is 11.3 Å². The van der Waals surface area contributed by atoms with Crippen molar-refractivity contribution in [3.63, 3.8) is 0 Å². The summed E-state index contributed by atoms with van der Waals surface area (Å²) in [5.74, 6) is 2.54. The number of aryl methyl sites for hydroxylation is 1. The molecule has 5 rings (SSSR count). The first-order valence-corrected chi connectivity index (χ1v) is 11.5.